The van der Waals surface area contributed by atoms with Crippen LogP contribution in [-0.2, 0) is 16.0 Å². The molecule has 1 amide bonds. The molecule has 0 spiro atoms. The predicted octanol–water partition coefficient (Wildman–Crippen LogP) is 2.02. The molecule has 152 valence electrons. The van der Waals surface area contributed by atoms with Crippen molar-refractivity contribution in [1.82, 2.24) is 20.5 Å². The monoisotopic (exact) mass is 379 g/mol. The lowest BCUT2D eigenvalue weighted by Gasteiger charge is -2.27. The summed E-state index contributed by atoms with van der Waals surface area (Å²) < 4.78 is 10.5. The molecule has 27 heavy (non-hydrogen) atoms. The molecule has 0 atom stereocenters. The SMILES string of the molecule is CN=C(NCCCN(Cc1cccnc1)C(=O)OC(C)(C)C)NCCOC. The number of hydrogen-bond acceptors (Lipinski definition) is 5. The number of nitrogens with one attached hydrogen (secondary N) is 2. The van der Waals surface area contributed by atoms with Crippen LogP contribution in [0.5, 0.6) is 0 Å². The third-order valence-electron chi connectivity index (χ3n) is 3.47. The Balaban J connectivity index is 2.54. The lowest BCUT2D eigenvalue weighted by Crippen LogP contribution is -2.41. The van der Waals surface area contributed by atoms with Gasteiger partial charge in [-0.3, -0.25) is 9.98 Å². The van der Waals surface area contributed by atoms with Gasteiger partial charge < -0.3 is 25.0 Å². The van der Waals surface area contributed by atoms with E-state index < -0.39 is 5.60 Å². The topological polar surface area (TPSA) is 88.1 Å². The van der Waals surface area contributed by atoms with Crippen molar-refractivity contribution >= 4 is 12.1 Å². The van der Waals surface area contributed by atoms with Crippen LogP contribution < -0.4 is 10.6 Å². The molecule has 0 saturated carbocycles. The molecule has 0 aromatic carbocycles. The number of methoxy groups -OCH3 is 1. The highest BCUT2D eigenvalue weighted by molar-refractivity contribution is 5.79. The second-order valence-electron chi connectivity index (χ2n) is 7.04. The van der Waals surface area contributed by atoms with E-state index in [1.54, 1.807) is 31.5 Å². The quantitative estimate of drug-likeness (QED) is 0.388. The summed E-state index contributed by atoms with van der Waals surface area (Å²) in [6, 6.07) is 3.81. The Morgan fingerprint density at radius 1 is 1.30 bits per heavy atom. The van der Waals surface area contributed by atoms with E-state index in [1.165, 1.54) is 0 Å². The number of guanidine groups is 1. The highest BCUT2D eigenvalue weighted by Crippen LogP contribution is 2.12. The van der Waals surface area contributed by atoms with Gasteiger partial charge >= 0.3 is 6.09 Å². The first-order valence-electron chi connectivity index (χ1n) is 9.16. The van der Waals surface area contributed by atoms with E-state index in [2.05, 4.69) is 20.6 Å². The highest BCUT2D eigenvalue weighted by atomic mass is 16.6. The van der Waals surface area contributed by atoms with Crippen molar-refractivity contribution in [1.29, 1.82) is 0 Å². The van der Waals surface area contributed by atoms with Crippen molar-refractivity contribution in [3.63, 3.8) is 0 Å². The van der Waals surface area contributed by atoms with Crippen LogP contribution >= 0.6 is 0 Å². The third-order valence-corrected chi connectivity index (χ3v) is 3.47. The highest BCUT2D eigenvalue weighted by Gasteiger charge is 2.22. The van der Waals surface area contributed by atoms with Gasteiger partial charge in [0.25, 0.3) is 0 Å². The Morgan fingerprint density at radius 3 is 2.63 bits per heavy atom. The minimum absolute atomic E-state index is 0.325. The molecular weight excluding hydrogens is 346 g/mol. The maximum Gasteiger partial charge on any atom is 0.410 e. The van der Waals surface area contributed by atoms with Crippen LogP contribution in [0.3, 0.4) is 0 Å². The predicted molar refractivity (Wildman–Crippen MR) is 107 cm³/mol. The second-order valence-corrected chi connectivity index (χ2v) is 7.04. The number of hydrogen-bond donors (Lipinski definition) is 2. The molecule has 0 saturated heterocycles. The van der Waals surface area contributed by atoms with Crippen molar-refractivity contribution in [3.05, 3.63) is 30.1 Å². The molecule has 8 heteroatoms. The maximum atomic E-state index is 12.5. The standard InChI is InChI=1S/C19H33N5O3/c1-19(2,3)27-18(25)24(15-16-8-6-9-21-14-16)12-7-10-22-17(20-4)23-11-13-26-5/h6,8-9,14H,7,10-13,15H2,1-5H3,(H2,20,22,23). The van der Waals surface area contributed by atoms with Crippen molar-refractivity contribution < 1.29 is 14.3 Å². The fraction of sp³-hybridized carbons (Fsp3) is 0.632. The Bertz CT molecular complexity index is 572. The zero-order chi connectivity index (χ0) is 20.1. The van der Waals surface area contributed by atoms with Gasteiger partial charge in [-0.15, -0.1) is 0 Å². The maximum absolute atomic E-state index is 12.5. The molecule has 1 aromatic heterocycles. The normalized spacial score (nSPS) is 11.8. The first-order chi connectivity index (χ1) is 12.9. The minimum atomic E-state index is -0.532. The van der Waals surface area contributed by atoms with E-state index in [4.69, 9.17) is 9.47 Å². The van der Waals surface area contributed by atoms with E-state index in [1.807, 2.05) is 32.9 Å². The zero-order valence-electron chi connectivity index (χ0n) is 17.1. The van der Waals surface area contributed by atoms with Gasteiger partial charge in [0, 0.05) is 46.2 Å². The Kier molecular flexibility index (Phi) is 10.2. The van der Waals surface area contributed by atoms with Crippen LogP contribution in [0.1, 0.15) is 32.8 Å². The van der Waals surface area contributed by atoms with Crippen LogP contribution in [0.15, 0.2) is 29.5 Å². The minimum Gasteiger partial charge on any atom is -0.444 e. The summed E-state index contributed by atoms with van der Waals surface area (Å²) >= 11 is 0. The number of ether oxygens (including phenoxy) is 2. The molecule has 0 fully saturated rings. The van der Waals surface area contributed by atoms with E-state index >= 15 is 0 Å². The van der Waals surface area contributed by atoms with Crippen LogP contribution in [0.2, 0.25) is 0 Å². The smallest absolute Gasteiger partial charge is 0.410 e. The second kappa shape index (κ2) is 12.1. The first-order valence-corrected chi connectivity index (χ1v) is 9.16. The van der Waals surface area contributed by atoms with Crippen LogP contribution in [0, 0.1) is 0 Å². The first kappa shape index (κ1) is 22.7. The molecule has 8 nitrogen and oxygen atoms in total. The molecule has 0 aliphatic heterocycles. The molecule has 1 rings (SSSR count). The van der Waals surface area contributed by atoms with Gasteiger partial charge in [0.15, 0.2) is 5.96 Å². The fourth-order valence-corrected chi connectivity index (χ4v) is 2.24. The summed E-state index contributed by atoms with van der Waals surface area (Å²) in [5.41, 5.74) is 0.434. The number of aliphatic imine (C=N–C) groups is 1. The number of carbonyl (C=O) groups excluding carboxylic acids is 1. The molecule has 2 N–H and O–H groups in total. The van der Waals surface area contributed by atoms with Gasteiger partial charge in [-0.05, 0) is 38.8 Å². The van der Waals surface area contributed by atoms with Gasteiger partial charge in [0.05, 0.1) is 13.2 Å². The number of aromatic nitrogens is 1. The van der Waals surface area contributed by atoms with Crippen molar-refractivity contribution in [3.8, 4) is 0 Å². The summed E-state index contributed by atoms with van der Waals surface area (Å²) in [7, 11) is 3.38. The number of rotatable bonds is 9. The average molecular weight is 380 g/mol. The van der Waals surface area contributed by atoms with Gasteiger partial charge in [-0.1, -0.05) is 6.07 Å². The Hall–Kier alpha value is -2.35. The summed E-state index contributed by atoms with van der Waals surface area (Å²) in [5.74, 6) is 0.711. The largest absolute Gasteiger partial charge is 0.444 e. The Morgan fingerprint density at radius 2 is 2.04 bits per heavy atom. The van der Waals surface area contributed by atoms with Gasteiger partial charge in [-0.25, -0.2) is 4.79 Å². The lowest BCUT2D eigenvalue weighted by atomic mass is 10.2. The van der Waals surface area contributed by atoms with Crippen molar-refractivity contribution in [2.75, 3.05) is 40.4 Å². The van der Waals surface area contributed by atoms with Gasteiger partial charge in [0.2, 0.25) is 0 Å². The zero-order valence-corrected chi connectivity index (χ0v) is 17.1. The van der Waals surface area contributed by atoms with Crippen LogP contribution in [0.25, 0.3) is 0 Å². The molecule has 0 radical (unpaired) electrons. The van der Waals surface area contributed by atoms with Crippen molar-refractivity contribution in [2.24, 2.45) is 4.99 Å². The van der Waals surface area contributed by atoms with E-state index in [0.717, 1.165) is 12.0 Å². The van der Waals surface area contributed by atoms with Crippen LogP contribution in [-0.4, -0.2) is 67.9 Å². The molecule has 1 heterocycles. The summed E-state index contributed by atoms with van der Waals surface area (Å²) in [6.45, 7) is 8.59. The van der Waals surface area contributed by atoms with Gasteiger partial charge in [-0.2, -0.15) is 0 Å². The van der Waals surface area contributed by atoms with Crippen LogP contribution in [0.4, 0.5) is 4.79 Å². The molecule has 0 bridgehead atoms. The summed E-state index contributed by atoms with van der Waals surface area (Å²) in [4.78, 5) is 22.5. The van der Waals surface area contributed by atoms with E-state index in [-0.39, 0.29) is 6.09 Å². The number of carbonyl (C=O) groups is 1. The van der Waals surface area contributed by atoms with E-state index in [0.29, 0.717) is 38.7 Å². The number of pyridine rings is 1. The number of amides is 1. The lowest BCUT2D eigenvalue weighted by molar-refractivity contribution is 0.0232. The summed E-state index contributed by atoms with van der Waals surface area (Å²) in [5, 5.41) is 6.38. The van der Waals surface area contributed by atoms with Gasteiger partial charge in [0.1, 0.15) is 5.60 Å². The van der Waals surface area contributed by atoms with Crippen molar-refractivity contribution in [2.45, 2.75) is 39.3 Å². The molecule has 1 aromatic rings. The Labute approximate surface area is 162 Å². The fourth-order valence-electron chi connectivity index (χ4n) is 2.24. The molecule has 0 aliphatic carbocycles. The van der Waals surface area contributed by atoms with E-state index in [9.17, 15) is 4.79 Å². The molecular formula is C19H33N5O3. The molecule has 0 aliphatic rings. The average Bonchev–Trinajstić information content (AvgIpc) is 2.62. The summed E-state index contributed by atoms with van der Waals surface area (Å²) in [6.07, 6.45) is 3.91. The molecule has 0 unspecified atom stereocenters. The third kappa shape index (κ3) is 10.4. The number of nitrogens with zero attached hydrogens (tertiary/aromatic N) is 3.